The molecule has 0 N–H and O–H groups in total. The van der Waals surface area contributed by atoms with E-state index in [1.807, 2.05) is 31.2 Å². The Morgan fingerprint density at radius 1 is 1.23 bits per heavy atom. The minimum Gasteiger partial charge on any atom is -0.457 e. The minimum atomic E-state index is -0.871. The molecule has 0 spiro atoms. The molecule has 1 atom stereocenters. The fraction of sp³-hybridized carbons (Fsp3) is 0.154. The van der Waals surface area contributed by atoms with E-state index in [0.717, 1.165) is 29.0 Å². The predicted molar refractivity (Wildman–Crippen MR) is 130 cm³/mol. The Morgan fingerprint density at radius 3 is 2.69 bits per heavy atom. The highest BCUT2D eigenvalue weighted by Crippen LogP contribution is 2.43. The molecule has 9 heteroatoms. The summed E-state index contributed by atoms with van der Waals surface area (Å²) in [7, 11) is 0. The van der Waals surface area contributed by atoms with Gasteiger partial charge in [-0.1, -0.05) is 53.8 Å². The first-order valence-corrected chi connectivity index (χ1v) is 11.5. The highest BCUT2D eigenvalue weighted by Gasteiger charge is 2.45. The summed E-state index contributed by atoms with van der Waals surface area (Å²) in [4.78, 5) is 45.7. The summed E-state index contributed by atoms with van der Waals surface area (Å²) in [6, 6.07) is 10.1. The SMILES string of the molecule is C=CCOC(=O)c1sc(N2C(=O)c3oc4ccc(F)cc4c(=O)c3[C@@H]2c2ccc(C)cc2)nc1C. The van der Waals surface area contributed by atoms with Crippen molar-refractivity contribution in [3.63, 3.8) is 0 Å². The first kappa shape index (κ1) is 22.7. The van der Waals surface area contributed by atoms with Crippen LogP contribution in [0.2, 0.25) is 0 Å². The molecule has 0 aliphatic carbocycles. The van der Waals surface area contributed by atoms with E-state index >= 15 is 0 Å². The van der Waals surface area contributed by atoms with E-state index in [4.69, 9.17) is 9.15 Å². The number of nitrogens with zero attached hydrogens (tertiary/aromatic N) is 2. The van der Waals surface area contributed by atoms with Crippen molar-refractivity contribution >= 4 is 39.3 Å². The molecule has 0 unspecified atom stereocenters. The van der Waals surface area contributed by atoms with Gasteiger partial charge in [-0.2, -0.15) is 0 Å². The van der Waals surface area contributed by atoms with Crippen LogP contribution >= 0.6 is 11.3 Å². The van der Waals surface area contributed by atoms with Gasteiger partial charge in [0, 0.05) is 0 Å². The zero-order valence-corrected chi connectivity index (χ0v) is 19.6. The zero-order valence-electron chi connectivity index (χ0n) is 18.8. The third-order valence-electron chi connectivity index (χ3n) is 5.73. The Bertz CT molecular complexity index is 1570. The van der Waals surface area contributed by atoms with Crippen LogP contribution in [-0.4, -0.2) is 23.5 Å². The molecule has 1 aliphatic rings. The number of ether oxygens (including phenoxy) is 1. The molecule has 0 fully saturated rings. The van der Waals surface area contributed by atoms with E-state index < -0.39 is 29.2 Å². The maximum absolute atomic E-state index is 13.9. The van der Waals surface area contributed by atoms with Crippen LogP contribution in [0.15, 0.2) is 64.3 Å². The van der Waals surface area contributed by atoms with E-state index in [2.05, 4.69) is 11.6 Å². The normalized spacial score (nSPS) is 14.9. The van der Waals surface area contributed by atoms with Crippen molar-refractivity contribution in [1.82, 2.24) is 4.98 Å². The molecule has 3 heterocycles. The lowest BCUT2D eigenvalue weighted by Gasteiger charge is -2.22. The molecule has 0 saturated carbocycles. The summed E-state index contributed by atoms with van der Waals surface area (Å²) >= 11 is 0.985. The number of anilines is 1. The second kappa shape index (κ2) is 8.59. The second-order valence-corrected chi connectivity index (χ2v) is 9.08. The number of hydrogen-bond donors (Lipinski definition) is 0. The van der Waals surface area contributed by atoms with Crippen LogP contribution in [0.5, 0.6) is 0 Å². The van der Waals surface area contributed by atoms with Gasteiger partial charge in [0.1, 0.15) is 22.9 Å². The number of aromatic nitrogens is 1. The van der Waals surface area contributed by atoms with Crippen LogP contribution in [0, 0.1) is 19.7 Å². The topological polar surface area (TPSA) is 89.7 Å². The Labute approximate surface area is 203 Å². The number of rotatable bonds is 5. The second-order valence-electron chi connectivity index (χ2n) is 8.10. The van der Waals surface area contributed by atoms with Crippen molar-refractivity contribution in [2.75, 3.05) is 11.5 Å². The molecule has 0 radical (unpaired) electrons. The Kier molecular flexibility index (Phi) is 5.56. The van der Waals surface area contributed by atoms with Crippen LogP contribution < -0.4 is 10.3 Å². The number of fused-ring (bicyclic) bond motifs is 2. The fourth-order valence-corrected chi connectivity index (χ4v) is 5.07. The van der Waals surface area contributed by atoms with Crippen molar-refractivity contribution in [2.45, 2.75) is 19.9 Å². The van der Waals surface area contributed by atoms with Gasteiger partial charge < -0.3 is 9.15 Å². The molecule has 2 aromatic heterocycles. The summed E-state index contributed by atoms with van der Waals surface area (Å²) in [5, 5.41) is 0.254. The molecule has 2 aromatic carbocycles. The number of halogens is 1. The monoisotopic (exact) mass is 490 g/mol. The van der Waals surface area contributed by atoms with Crippen molar-refractivity contribution in [3.8, 4) is 0 Å². The van der Waals surface area contributed by atoms with Gasteiger partial charge in [-0.25, -0.2) is 14.2 Å². The molecule has 176 valence electrons. The summed E-state index contributed by atoms with van der Waals surface area (Å²) in [5.41, 5.74) is 1.74. The van der Waals surface area contributed by atoms with Gasteiger partial charge in [-0.15, -0.1) is 0 Å². The maximum atomic E-state index is 13.9. The van der Waals surface area contributed by atoms with Crippen molar-refractivity contribution in [1.29, 1.82) is 0 Å². The average Bonchev–Trinajstić information content (AvgIpc) is 3.36. The van der Waals surface area contributed by atoms with Crippen LogP contribution in [0.1, 0.15) is 48.7 Å². The van der Waals surface area contributed by atoms with Crippen molar-refractivity contribution < 1.29 is 23.1 Å². The smallest absolute Gasteiger partial charge is 0.350 e. The molecule has 0 saturated heterocycles. The first-order valence-electron chi connectivity index (χ1n) is 10.7. The largest absolute Gasteiger partial charge is 0.457 e. The number of thiazole rings is 1. The minimum absolute atomic E-state index is 0.0349. The fourth-order valence-electron chi connectivity index (χ4n) is 4.08. The van der Waals surface area contributed by atoms with Crippen LogP contribution in [0.4, 0.5) is 9.52 Å². The molecular formula is C26H19FN2O5S. The lowest BCUT2D eigenvalue weighted by molar-refractivity contribution is 0.0554. The van der Waals surface area contributed by atoms with Gasteiger partial charge in [0.2, 0.25) is 5.76 Å². The van der Waals surface area contributed by atoms with Crippen LogP contribution in [-0.2, 0) is 4.74 Å². The number of aryl methyl sites for hydroxylation is 2. The highest BCUT2D eigenvalue weighted by molar-refractivity contribution is 7.17. The number of amides is 1. The molecular weight excluding hydrogens is 471 g/mol. The molecule has 4 aromatic rings. The quantitative estimate of drug-likeness (QED) is 0.286. The lowest BCUT2D eigenvalue weighted by Crippen LogP contribution is -2.29. The zero-order chi connectivity index (χ0) is 24.9. The van der Waals surface area contributed by atoms with E-state index in [9.17, 15) is 18.8 Å². The summed E-state index contributed by atoms with van der Waals surface area (Å²) in [6.07, 6.45) is 1.45. The van der Waals surface area contributed by atoms with Crippen LogP contribution in [0.25, 0.3) is 11.0 Å². The van der Waals surface area contributed by atoms with E-state index in [1.54, 1.807) is 6.92 Å². The van der Waals surface area contributed by atoms with Gasteiger partial charge >= 0.3 is 5.97 Å². The summed E-state index contributed by atoms with van der Waals surface area (Å²) < 4.78 is 24.9. The Balaban J connectivity index is 1.72. The molecule has 0 bridgehead atoms. The van der Waals surface area contributed by atoms with Gasteiger partial charge in [0.25, 0.3) is 5.91 Å². The standard InChI is InChI=1S/C26H19FN2O5S/c1-4-11-33-25(32)23-14(3)28-26(35-23)29-20(15-7-5-13(2)6-8-15)19-21(30)17-12-16(27)9-10-18(17)34-22(19)24(29)31/h4-10,12,20H,1,11H2,2-3H3/t20-/m0/s1. The number of esters is 1. The third-order valence-corrected chi connectivity index (χ3v) is 6.87. The summed E-state index contributed by atoms with van der Waals surface area (Å²) in [5.74, 6) is -1.88. The number of benzene rings is 2. The molecule has 1 aliphatic heterocycles. The first-order chi connectivity index (χ1) is 16.8. The lowest BCUT2D eigenvalue weighted by atomic mass is 9.98. The van der Waals surface area contributed by atoms with E-state index in [0.29, 0.717) is 11.3 Å². The van der Waals surface area contributed by atoms with Crippen molar-refractivity contribution in [3.05, 3.63) is 104 Å². The number of carbonyl (C=O) groups excluding carboxylic acids is 2. The molecule has 7 nitrogen and oxygen atoms in total. The van der Waals surface area contributed by atoms with Gasteiger partial charge in [0.15, 0.2) is 10.6 Å². The van der Waals surface area contributed by atoms with Crippen molar-refractivity contribution in [2.24, 2.45) is 0 Å². The van der Waals surface area contributed by atoms with Gasteiger partial charge in [0.05, 0.1) is 22.7 Å². The molecule has 35 heavy (non-hydrogen) atoms. The highest BCUT2D eigenvalue weighted by atomic mass is 32.1. The summed E-state index contributed by atoms with van der Waals surface area (Å²) in [6.45, 7) is 7.13. The van der Waals surface area contributed by atoms with E-state index in [1.165, 1.54) is 17.0 Å². The Hall–Kier alpha value is -4.11. The predicted octanol–water partition coefficient (Wildman–Crippen LogP) is 5.10. The average molecular weight is 491 g/mol. The van der Waals surface area contributed by atoms with Gasteiger partial charge in [-0.3, -0.25) is 14.5 Å². The molecule has 1 amide bonds. The number of hydrogen-bond acceptors (Lipinski definition) is 7. The molecule has 5 rings (SSSR count). The Morgan fingerprint density at radius 2 is 1.97 bits per heavy atom. The van der Waals surface area contributed by atoms with Gasteiger partial charge in [-0.05, 0) is 37.6 Å². The third kappa shape index (κ3) is 3.74. The van der Waals surface area contributed by atoms with E-state index in [-0.39, 0.29) is 38.9 Å². The van der Waals surface area contributed by atoms with Crippen LogP contribution in [0.3, 0.4) is 0 Å². The maximum Gasteiger partial charge on any atom is 0.350 e. The number of carbonyl (C=O) groups is 2.